The minimum atomic E-state index is -3.15. The summed E-state index contributed by atoms with van der Waals surface area (Å²) in [5, 5.41) is 2.06. The highest BCUT2D eigenvalue weighted by Crippen LogP contribution is 2.59. The fourth-order valence-corrected chi connectivity index (χ4v) is 7.97. The standard InChI is InChI=1S/C29H18NO3P/c31-34-27-11-5-3-9-23(27)32-25-17-20(18-26(29(25)34)33-24-10-4-6-12-28(24)34)22-8-2-1-7-21(22)19-13-15-30-16-14-19/h1-18H. The monoisotopic (exact) mass is 459 g/mol. The number of hydrogen-bond acceptors (Lipinski definition) is 4. The number of para-hydroxylation sites is 2. The lowest BCUT2D eigenvalue weighted by molar-refractivity contribution is 0.462. The van der Waals surface area contributed by atoms with Crippen molar-refractivity contribution in [3.63, 3.8) is 0 Å². The molecule has 7 rings (SSSR count). The molecule has 0 radical (unpaired) electrons. The van der Waals surface area contributed by atoms with Gasteiger partial charge in [0.1, 0.15) is 28.3 Å². The number of ether oxygens (including phenoxy) is 2. The average molecular weight is 459 g/mol. The summed E-state index contributed by atoms with van der Waals surface area (Å²) in [5.41, 5.74) is 4.12. The van der Waals surface area contributed by atoms with Gasteiger partial charge in [0.05, 0.1) is 10.6 Å². The summed E-state index contributed by atoms with van der Waals surface area (Å²) in [4.78, 5) is 4.15. The molecular weight excluding hydrogens is 441 g/mol. The van der Waals surface area contributed by atoms with E-state index in [1.807, 2.05) is 84.9 Å². The van der Waals surface area contributed by atoms with Crippen molar-refractivity contribution < 1.29 is 14.0 Å². The Morgan fingerprint density at radius 3 is 1.65 bits per heavy atom. The first kappa shape index (κ1) is 19.3. The van der Waals surface area contributed by atoms with Crippen LogP contribution >= 0.6 is 7.14 Å². The number of benzene rings is 4. The highest BCUT2D eigenvalue weighted by atomic mass is 31.2. The molecule has 162 valence electrons. The smallest absolute Gasteiger partial charge is 0.185 e. The summed E-state index contributed by atoms with van der Waals surface area (Å²) >= 11 is 0. The number of fused-ring (bicyclic) bond motifs is 4. The molecule has 5 heteroatoms. The van der Waals surface area contributed by atoms with Crippen molar-refractivity contribution in [2.45, 2.75) is 0 Å². The summed E-state index contributed by atoms with van der Waals surface area (Å²) in [6.45, 7) is 0. The van der Waals surface area contributed by atoms with Crippen LogP contribution in [0.3, 0.4) is 0 Å². The highest BCUT2D eigenvalue weighted by molar-refractivity contribution is 7.86. The van der Waals surface area contributed by atoms with Gasteiger partial charge < -0.3 is 14.0 Å². The molecule has 4 nitrogen and oxygen atoms in total. The topological polar surface area (TPSA) is 48.4 Å². The fourth-order valence-electron chi connectivity index (χ4n) is 4.94. The molecular formula is C29H18NO3P. The molecule has 0 aliphatic carbocycles. The zero-order chi connectivity index (χ0) is 22.7. The molecule has 0 bridgehead atoms. The van der Waals surface area contributed by atoms with Crippen molar-refractivity contribution in [1.82, 2.24) is 4.98 Å². The third-order valence-electron chi connectivity index (χ3n) is 6.43. The van der Waals surface area contributed by atoms with Crippen LogP contribution in [0.1, 0.15) is 0 Å². The summed E-state index contributed by atoms with van der Waals surface area (Å²) in [5.74, 6) is 2.41. The van der Waals surface area contributed by atoms with E-state index in [0.29, 0.717) is 38.9 Å². The van der Waals surface area contributed by atoms with Gasteiger partial charge in [-0.05, 0) is 70.8 Å². The number of nitrogens with zero attached hydrogens (tertiary/aromatic N) is 1. The van der Waals surface area contributed by atoms with Gasteiger partial charge >= 0.3 is 0 Å². The lowest BCUT2D eigenvalue weighted by atomic mass is 9.95. The average Bonchev–Trinajstić information content (AvgIpc) is 2.89. The van der Waals surface area contributed by atoms with Gasteiger partial charge in [0.2, 0.25) is 0 Å². The third kappa shape index (κ3) is 2.66. The van der Waals surface area contributed by atoms with Crippen LogP contribution in [0, 0.1) is 0 Å². The van der Waals surface area contributed by atoms with Gasteiger partial charge in [0.25, 0.3) is 0 Å². The van der Waals surface area contributed by atoms with Crippen molar-refractivity contribution in [3.05, 3.63) is 109 Å². The van der Waals surface area contributed by atoms with Gasteiger partial charge in [-0.25, -0.2) is 0 Å². The van der Waals surface area contributed by atoms with Crippen molar-refractivity contribution >= 4 is 23.1 Å². The van der Waals surface area contributed by atoms with E-state index in [1.165, 1.54) is 0 Å². The molecule has 0 saturated carbocycles. The van der Waals surface area contributed by atoms with Crippen LogP contribution in [0.5, 0.6) is 23.0 Å². The molecule has 2 aliphatic rings. The first-order valence-electron chi connectivity index (χ1n) is 11.1. The molecule has 0 spiro atoms. The summed E-state index contributed by atoms with van der Waals surface area (Å²) < 4.78 is 27.6. The Hall–Kier alpha value is -4.14. The number of hydrogen-bond donors (Lipinski definition) is 0. The largest absolute Gasteiger partial charge is 0.456 e. The zero-order valence-corrected chi connectivity index (χ0v) is 18.9. The lowest BCUT2D eigenvalue weighted by Crippen LogP contribution is -2.35. The van der Waals surface area contributed by atoms with Crippen LogP contribution in [0.15, 0.2) is 109 Å². The Morgan fingerprint density at radius 2 is 1.06 bits per heavy atom. The number of rotatable bonds is 2. The molecule has 5 aromatic rings. The van der Waals surface area contributed by atoms with E-state index in [2.05, 4.69) is 17.1 Å². The fraction of sp³-hybridized carbons (Fsp3) is 0. The zero-order valence-electron chi connectivity index (χ0n) is 18.0. The van der Waals surface area contributed by atoms with Crippen LogP contribution < -0.4 is 25.4 Å². The maximum atomic E-state index is 14.9. The summed E-state index contributed by atoms with van der Waals surface area (Å²) in [6, 6.07) is 31.4. The Bertz CT molecular complexity index is 1570. The first-order chi connectivity index (χ1) is 16.7. The lowest BCUT2D eigenvalue weighted by Gasteiger charge is -2.34. The first-order valence-corrected chi connectivity index (χ1v) is 12.8. The van der Waals surface area contributed by atoms with Crippen molar-refractivity contribution in [2.75, 3.05) is 0 Å². The Labute approximate surface area is 196 Å². The van der Waals surface area contributed by atoms with Crippen molar-refractivity contribution in [1.29, 1.82) is 0 Å². The van der Waals surface area contributed by atoms with E-state index in [9.17, 15) is 4.57 Å². The van der Waals surface area contributed by atoms with Gasteiger partial charge in [0.15, 0.2) is 7.14 Å². The second-order valence-corrected chi connectivity index (χ2v) is 11.0. The number of aromatic nitrogens is 1. The second-order valence-electron chi connectivity index (χ2n) is 8.35. The van der Waals surface area contributed by atoms with Gasteiger partial charge in [-0.15, -0.1) is 0 Å². The molecule has 1 aromatic heterocycles. The molecule has 3 heterocycles. The van der Waals surface area contributed by atoms with Crippen LogP contribution in [-0.2, 0) is 4.57 Å². The number of pyridine rings is 1. The molecule has 0 unspecified atom stereocenters. The van der Waals surface area contributed by atoms with E-state index >= 15 is 0 Å². The van der Waals surface area contributed by atoms with Gasteiger partial charge in [-0.2, -0.15) is 0 Å². The third-order valence-corrected chi connectivity index (χ3v) is 9.60. The van der Waals surface area contributed by atoms with Gasteiger partial charge in [-0.3, -0.25) is 4.98 Å². The van der Waals surface area contributed by atoms with Gasteiger partial charge in [-0.1, -0.05) is 48.5 Å². The van der Waals surface area contributed by atoms with E-state index in [-0.39, 0.29) is 0 Å². The quantitative estimate of drug-likeness (QED) is 0.286. The Kier molecular flexibility index (Phi) is 4.08. The van der Waals surface area contributed by atoms with Crippen molar-refractivity contribution in [2.24, 2.45) is 0 Å². The van der Waals surface area contributed by atoms with Crippen LogP contribution in [0.4, 0.5) is 0 Å². The van der Waals surface area contributed by atoms with Crippen LogP contribution in [-0.4, -0.2) is 4.98 Å². The molecule has 2 aliphatic heterocycles. The molecule has 0 atom stereocenters. The van der Waals surface area contributed by atoms with E-state index in [0.717, 1.165) is 22.3 Å². The molecule has 0 fully saturated rings. The molecule has 4 aromatic carbocycles. The van der Waals surface area contributed by atoms with Gasteiger partial charge in [0, 0.05) is 12.4 Å². The summed E-state index contributed by atoms with van der Waals surface area (Å²) in [7, 11) is -3.15. The Morgan fingerprint density at radius 1 is 0.559 bits per heavy atom. The molecule has 0 saturated heterocycles. The normalized spacial score (nSPS) is 14.1. The molecule has 0 N–H and O–H groups in total. The maximum absolute atomic E-state index is 14.9. The SMILES string of the molecule is O=P12c3ccccc3Oc3cc(-c4ccccc4-c4ccncc4)cc(c31)Oc1ccccc12. The van der Waals surface area contributed by atoms with Crippen LogP contribution in [0.2, 0.25) is 0 Å². The maximum Gasteiger partial charge on any atom is 0.185 e. The van der Waals surface area contributed by atoms with E-state index in [4.69, 9.17) is 9.47 Å². The van der Waals surface area contributed by atoms with E-state index < -0.39 is 7.14 Å². The summed E-state index contributed by atoms with van der Waals surface area (Å²) in [6.07, 6.45) is 3.58. The van der Waals surface area contributed by atoms with Crippen molar-refractivity contribution in [3.8, 4) is 45.3 Å². The predicted molar refractivity (Wildman–Crippen MR) is 135 cm³/mol. The van der Waals surface area contributed by atoms with E-state index in [1.54, 1.807) is 12.4 Å². The second kappa shape index (κ2) is 7.18. The highest BCUT2D eigenvalue weighted by Gasteiger charge is 2.46. The minimum absolute atomic E-state index is 0.577. The van der Waals surface area contributed by atoms with Crippen LogP contribution in [0.25, 0.3) is 22.3 Å². The molecule has 34 heavy (non-hydrogen) atoms. The minimum Gasteiger partial charge on any atom is -0.456 e. The Balaban J connectivity index is 1.51. The molecule has 0 amide bonds. The predicted octanol–water partition coefficient (Wildman–Crippen LogP) is 6.27.